The van der Waals surface area contributed by atoms with Crippen LogP contribution in [0, 0.1) is 5.82 Å². The topological polar surface area (TPSA) is 43.9 Å². The van der Waals surface area contributed by atoms with Crippen LogP contribution in [0.1, 0.15) is 38.2 Å². The molecular weight excluding hydrogens is 345 g/mol. The number of nitrogens with zero attached hydrogens (tertiary/aromatic N) is 3. The van der Waals surface area contributed by atoms with Crippen LogP contribution in [-0.2, 0) is 16.0 Å². The predicted molar refractivity (Wildman–Crippen MR) is 103 cm³/mol. The Morgan fingerprint density at radius 1 is 1.00 bits per heavy atom. The maximum atomic E-state index is 12.9. The summed E-state index contributed by atoms with van der Waals surface area (Å²) in [7, 11) is 0. The molecular formula is C21H30FN3O2. The Bertz CT molecular complexity index is 641. The lowest BCUT2D eigenvalue weighted by atomic mass is 10.0. The van der Waals surface area contributed by atoms with Gasteiger partial charge in [0.25, 0.3) is 0 Å². The summed E-state index contributed by atoms with van der Waals surface area (Å²) in [6, 6.07) is 6.67. The minimum atomic E-state index is -0.255. The molecule has 27 heavy (non-hydrogen) atoms. The molecule has 5 nitrogen and oxygen atoms in total. The van der Waals surface area contributed by atoms with Crippen LogP contribution in [0.25, 0.3) is 0 Å². The van der Waals surface area contributed by atoms with E-state index in [1.54, 1.807) is 12.1 Å². The normalized spacial score (nSPS) is 21.3. The molecule has 0 saturated carbocycles. The summed E-state index contributed by atoms with van der Waals surface area (Å²) < 4.78 is 12.9. The molecule has 148 valence electrons. The van der Waals surface area contributed by atoms with Crippen LogP contribution < -0.4 is 0 Å². The van der Waals surface area contributed by atoms with Crippen molar-refractivity contribution in [3.8, 4) is 0 Å². The molecule has 0 aromatic heterocycles. The molecule has 0 aliphatic carbocycles. The summed E-state index contributed by atoms with van der Waals surface area (Å²) in [5.74, 6) is 0.0999. The highest BCUT2D eigenvalue weighted by Crippen LogP contribution is 2.17. The lowest BCUT2D eigenvalue weighted by Crippen LogP contribution is -2.53. The van der Waals surface area contributed by atoms with Crippen LogP contribution in [-0.4, -0.2) is 71.8 Å². The third-order valence-electron chi connectivity index (χ3n) is 5.75. The van der Waals surface area contributed by atoms with E-state index in [-0.39, 0.29) is 17.6 Å². The molecule has 1 aromatic carbocycles. The maximum Gasteiger partial charge on any atom is 0.236 e. The largest absolute Gasteiger partial charge is 0.340 e. The molecule has 0 N–H and O–H groups in total. The predicted octanol–water partition coefficient (Wildman–Crippen LogP) is 2.30. The average Bonchev–Trinajstić information content (AvgIpc) is 2.68. The van der Waals surface area contributed by atoms with Crippen LogP contribution in [0.3, 0.4) is 0 Å². The Labute approximate surface area is 161 Å². The highest BCUT2D eigenvalue weighted by Gasteiger charge is 2.27. The Morgan fingerprint density at radius 2 is 1.70 bits per heavy atom. The van der Waals surface area contributed by atoms with Gasteiger partial charge in [0.15, 0.2) is 0 Å². The number of carbonyl (C=O) groups is 2. The summed E-state index contributed by atoms with van der Waals surface area (Å²) in [5, 5.41) is 0. The number of hydrogen-bond acceptors (Lipinski definition) is 3. The fourth-order valence-corrected chi connectivity index (χ4v) is 3.97. The lowest BCUT2D eigenvalue weighted by molar-refractivity contribution is -0.137. The van der Waals surface area contributed by atoms with Crippen molar-refractivity contribution in [3.05, 3.63) is 35.6 Å². The van der Waals surface area contributed by atoms with Gasteiger partial charge in [0.2, 0.25) is 11.8 Å². The Hall–Kier alpha value is -1.95. The molecule has 2 aliphatic heterocycles. The fourth-order valence-electron chi connectivity index (χ4n) is 3.97. The van der Waals surface area contributed by atoms with E-state index in [0.717, 1.165) is 38.0 Å². The van der Waals surface area contributed by atoms with E-state index in [4.69, 9.17) is 0 Å². The quantitative estimate of drug-likeness (QED) is 0.793. The van der Waals surface area contributed by atoms with Gasteiger partial charge in [0.1, 0.15) is 5.82 Å². The van der Waals surface area contributed by atoms with Crippen LogP contribution >= 0.6 is 0 Å². The molecule has 1 aromatic rings. The van der Waals surface area contributed by atoms with Gasteiger partial charge in [-0.3, -0.25) is 14.5 Å². The standard InChI is InChI=1S/C21H30FN3O2/c1-17-4-2-3-11-25(17)21(27)16-23-12-14-24(15-13-23)20(26)10-7-18-5-8-19(22)9-6-18/h5-6,8-9,17H,2-4,7,10-16H2,1H3. The molecule has 2 aliphatic rings. The molecule has 6 heteroatoms. The van der Waals surface area contributed by atoms with Crippen LogP contribution in [0.5, 0.6) is 0 Å². The van der Waals surface area contributed by atoms with Gasteiger partial charge in [-0.05, 0) is 50.3 Å². The minimum Gasteiger partial charge on any atom is -0.340 e. The van der Waals surface area contributed by atoms with Gasteiger partial charge >= 0.3 is 0 Å². The molecule has 2 heterocycles. The first-order valence-corrected chi connectivity index (χ1v) is 10.1. The third-order valence-corrected chi connectivity index (χ3v) is 5.75. The van der Waals surface area contributed by atoms with E-state index in [2.05, 4.69) is 11.8 Å². The first-order chi connectivity index (χ1) is 13.0. The van der Waals surface area contributed by atoms with Crippen molar-refractivity contribution in [2.24, 2.45) is 0 Å². The fraction of sp³-hybridized carbons (Fsp3) is 0.619. The van der Waals surface area contributed by atoms with Crippen LogP contribution in [0.2, 0.25) is 0 Å². The van der Waals surface area contributed by atoms with E-state index in [9.17, 15) is 14.0 Å². The zero-order chi connectivity index (χ0) is 19.2. The SMILES string of the molecule is CC1CCCCN1C(=O)CN1CCN(C(=O)CCc2ccc(F)cc2)CC1. The molecule has 2 fully saturated rings. The van der Waals surface area contributed by atoms with Gasteiger partial charge in [0, 0.05) is 45.2 Å². The molecule has 0 spiro atoms. The Balaban J connectivity index is 1.39. The maximum absolute atomic E-state index is 12.9. The number of halogens is 1. The second-order valence-electron chi connectivity index (χ2n) is 7.72. The summed E-state index contributed by atoms with van der Waals surface area (Å²) in [6.07, 6.45) is 4.48. The first kappa shape index (κ1) is 19.8. The van der Waals surface area contributed by atoms with E-state index in [1.165, 1.54) is 18.6 Å². The van der Waals surface area contributed by atoms with Crippen molar-refractivity contribution in [2.45, 2.75) is 45.1 Å². The molecule has 1 unspecified atom stereocenters. The molecule has 2 saturated heterocycles. The Kier molecular flexibility index (Phi) is 6.83. The summed E-state index contributed by atoms with van der Waals surface area (Å²) in [5.41, 5.74) is 0.977. The number of piperazine rings is 1. The van der Waals surface area contributed by atoms with E-state index >= 15 is 0 Å². The zero-order valence-electron chi connectivity index (χ0n) is 16.2. The van der Waals surface area contributed by atoms with Gasteiger partial charge in [-0.25, -0.2) is 4.39 Å². The van der Waals surface area contributed by atoms with Crippen molar-refractivity contribution in [1.29, 1.82) is 0 Å². The zero-order valence-corrected chi connectivity index (χ0v) is 16.2. The summed E-state index contributed by atoms with van der Waals surface area (Å²) in [6.45, 7) is 6.31. The highest BCUT2D eigenvalue weighted by atomic mass is 19.1. The summed E-state index contributed by atoms with van der Waals surface area (Å²) in [4.78, 5) is 31.0. The van der Waals surface area contributed by atoms with Crippen molar-refractivity contribution in [2.75, 3.05) is 39.3 Å². The van der Waals surface area contributed by atoms with Crippen molar-refractivity contribution in [1.82, 2.24) is 14.7 Å². The van der Waals surface area contributed by atoms with Crippen molar-refractivity contribution < 1.29 is 14.0 Å². The number of rotatable bonds is 5. The van der Waals surface area contributed by atoms with Crippen LogP contribution in [0.4, 0.5) is 4.39 Å². The Morgan fingerprint density at radius 3 is 2.37 bits per heavy atom. The van der Waals surface area contributed by atoms with E-state index in [1.807, 2.05) is 9.80 Å². The second-order valence-corrected chi connectivity index (χ2v) is 7.72. The van der Waals surface area contributed by atoms with Gasteiger partial charge in [-0.15, -0.1) is 0 Å². The van der Waals surface area contributed by atoms with Crippen molar-refractivity contribution >= 4 is 11.8 Å². The molecule has 2 amide bonds. The number of amides is 2. The molecule has 3 rings (SSSR count). The number of benzene rings is 1. The van der Waals surface area contributed by atoms with Gasteiger partial charge in [-0.1, -0.05) is 12.1 Å². The smallest absolute Gasteiger partial charge is 0.236 e. The number of likely N-dealkylation sites (tertiary alicyclic amines) is 1. The van der Waals surface area contributed by atoms with Gasteiger partial charge in [-0.2, -0.15) is 0 Å². The highest BCUT2D eigenvalue weighted by molar-refractivity contribution is 5.79. The number of hydrogen-bond donors (Lipinski definition) is 0. The molecule has 0 bridgehead atoms. The lowest BCUT2D eigenvalue weighted by Gasteiger charge is -2.38. The average molecular weight is 375 g/mol. The van der Waals surface area contributed by atoms with Gasteiger partial charge in [0.05, 0.1) is 6.54 Å². The molecule has 1 atom stereocenters. The van der Waals surface area contributed by atoms with Gasteiger partial charge < -0.3 is 9.80 Å². The number of carbonyl (C=O) groups excluding carboxylic acids is 2. The third kappa shape index (κ3) is 5.51. The van der Waals surface area contributed by atoms with Crippen molar-refractivity contribution in [3.63, 3.8) is 0 Å². The van der Waals surface area contributed by atoms with Crippen LogP contribution in [0.15, 0.2) is 24.3 Å². The number of piperidine rings is 1. The monoisotopic (exact) mass is 375 g/mol. The first-order valence-electron chi connectivity index (χ1n) is 10.1. The molecule has 0 radical (unpaired) electrons. The second kappa shape index (κ2) is 9.31. The van der Waals surface area contributed by atoms with E-state index in [0.29, 0.717) is 38.5 Å². The summed E-state index contributed by atoms with van der Waals surface area (Å²) >= 11 is 0. The van der Waals surface area contributed by atoms with E-state index < -0.39 is 0 Å². The minimum absolute atomic E-state index is 0.134. The number of aryl methyl sites for hydroxylation is 1.